The molecule has 1 heterocycles. The fraction of sp³-hybridized carbons (Fsp3) is 0.442. The molecule has 5 amide bonds. The molecule has 0 aromatic heterocycles. The van der Waals surface area contributed by atoms with Crippen molar-refractivity contribution in [3.05, 3.63) is 95.6 Å². The Morgan fingerprint density at radius 1 is 0.768 bits per heavy atom. The van der Waals surface area contributed by atoms with Crippen LogP contribution in [0.15, 0.2) is 78.9 Å². The topological polar surface area (TPSA) is 166 Å². The minimum absolute atomic E-state index is 0.0209. The highest BCUT2D eigenvalue weighted by molar-refractivity contribution is 5.96. The number of ether oxygens (including phenoxy) is 1. The number of carbonyl (C=O) groups excluding carboxylic acids is 5. The molecular formula is C43H53N5O8. The molecule has 0 saturated carbocycles. The van der Waals surface area contributed by atoms with Crippen molar-refractivity contribution in [1.82, 2.24) is 25.3 Å². The summed E-state index contributed by atoms with van der Waals surface area (Å²) < 4.78 is 5.75. The van der Waals surface area contributed by atoms with Crippen LogP contribution in [0.25, 0.3) is 11.1 Å². The monoisotopic (exact) mass is 767 g/mol. The van der Waals surface area contributed by atoms with E-state index in [0.717, 1.165) is 27.8 Å². The Bertz CT molecular complexity index is 1870. The number of nitrogens with one attached hydrogen (secondary N) is 2. The van der Waals surface area contributed by atoms with Crippen LogP contribution in [0.5, 0.6) is 0 Å². The number of likely N-dealkylation sites (N-methyl/N-ethyl adjacent to an activating group) is 2. The maximum absolute atomic E-state index is 14.0. The highest BCUT2D eigenvalue weighted by Gasteiger charge is 2.39. The molecule has 5 atom stereocenters. The van der Waals surface area contributed by atoms with Crippen molar-refractivity contribution in [2.75, 3.05) is 27.2 Å². The van der Waals surface area contributed by atoms with E-state index < -0.39 is 65.9 Å². The molecule has 1 aliphatic carbocycles. The molecule has 2 aliphatic rings. The number of likely N-dealkylation sites (tertiary alicyclic amines) is 1. The van der Waals surface area contributed by atoms with Gasteiger partial charge in [0.05, 0.1) is 0 Å². The Balaban J connectivity index is 1.22. The van der Waals surface area contributed by atoms with Crippen molar-refractivity contribution in [3.63, 3.8) is 0 Å². The molecule has 298 valence electrons. The third-order valence-corrected chi connectivity index (χ3v) is 10.9. The van der Waals surface area contributed by atoms with E-state index in [1.165, 1.54) is 35.7 Å². The van der Waals surface area contributed by atoms with Gasteiger partial charge in [-0.25, -0.2) is 9.59 Å². The molecule has 0 radical (unpaired) electrons. The molecule has 5 rings (SSSR count). The summed E-state index contributed by atoms with van der Waals surface area (Å²) in [6.45, 7) is 7.22. The number of aliphatic carboxylic acids is 1. The summed E-state index contributed by atoms with van der Waals surface area (Å²) in [5, 5.41) is 15.3. The number of carboxylic acid groups (broad SMARTS) is 1. The van der Waals surface area contributed by atoms with Crippen molar-refractivity contribution in [1.29, 1.82) is 0 Å². The highest BCUT2D eigenvalue weighted by atomic mass is 16.6. The number of amides is 5. The minimum Gasteiger partial charge on any atom is -0.480 e. The van der Waals surface area contributed by atoms with Crippen LogP contribution >= 0.6 is 0 Å². The van der Waals surface area contributed by atoms with E-state index in [4.69, 9.17) is 4.74 Å². The lowest BCUT2D eigenvalue weighted by molar-refractivity contribution is -0.149. The molecule has 56 heavy (non-hydrogen) atoms. The van der Waals surface area contributed by atoms with Crippen molar-refractivity contribution in [2.24, 2.45) is 5.92 Å². The summed E-state index contributed by atoms with van der Waals surface area (Å²) in [6, 6.07) is 19.9. The van der Waals surface area contributed by atoms with Crippen molar-refractivity contribution in [2.45, 2.75) is 89.5 Å². The summed E-state index contributed by atoms with van der Waals surface area (Å²) in [5.41, 5.74) is 5.09. The molecule has 13 nitrogen and oxygen atoms in total. The Kier molecular flexibility index (Phi) is 13.5. The number of carbonyl (C=O) groups is 6. The van der Waals surface area contributed by atoms with Crippen LogP contribution in [0.2, 0.25) is 0 Å². The Labute approximate surface area is 328 Å². The number of nitrogens with zero attached hydrogens (tertiary/aromatic N) is 3. The van der Waals surface area contributed by atoms with Crippen LogP contribution in [-0.4, -0.2) is 113 Å². The van der Waals surface area contributed by atoms with Crippen molar-refractivity contribution >= 4 is 35.7 Å². The summed E-state index contributed by atoms with van der Waals surface area (Å²) in [4.78, 5) is 83.9. The average Bonchev–Trinajstić information content (AvgIpc) is 3.81. The molecule has 1 fully saturated rings. The average molecular weight is 768 g/mol. The fourth-order valence-corrected chi connectivity index (χ4v) is 7.46. The van der Waals surface area contributed by atoms with Gasteiger partial charge in [-0.2, -0.15) is 0 Å². The van der Waals surface area contributed by atoms with E-state index in [1.54, 1.807) is 6.92 Å². The predicted molar refractivity (Wildman–Crippen MR) is 210 cm³/mol. The summed E-state index contributed by atoms with van der Waals surface area (Å²) >= 11 is 0. The lowest BCUT2D eigenvalue weighted by atomic mass is 9.98. The predicted octanol–water partition coefficient (Wildman–Crippen LogP) is 4.44. The molecule has 3 aromatic carbocycles. The number of benzene rings is 3. The van der Waals surface area contributed by atoms with Gasteiger partial charge in [0.25, 0.3) is 0 Å². The van der Waals surface area contributed by atoms with Gasteiger partial charge in [-0.05, 0) is 66.8 Å². The largest absolute Gasteiger partial charge is 0.480 e. The quantitative estimate of drug-likeness (QED) is 0.204. The zero-order valence-electron chi connectivity index (χ0n) is 32.9. The Morgan fingerprint density at radius 2 is 1.30 bits per heavy atom. The Morgan fingerprint density at radius 3 is 1.88 bits per heavy atom. The second kappa shape index (κ2) is 18.3. The molecule has 1 saturated heterocycles. The van der Waals surface area contributed by atoms with Gasteiger partial charge in [-0.15, -0.1) is 0 Å². The normalized spacial score (nSPS) is 16.8. The van der Waals surface area contributed by atoms with Gasteiger partial charge >= 0.3 is 12.1 Å². The van der Waals surface area contributed by atoms with Gasteiger partial charge < -0.3 is 30.3 Å². The summed E-state index contributed by atoms with van der Waals surface area (Å²) in [6.07, 6.45) is 0.548. The maximum atomic E-state index is 14.0. The SMILES string of the molecule is CC(C)C[C@H](NC(=O)[C@H](C)N(C)C(=O)OCC1c2ccccc2-c2ccccc21)C(=O)N(C)[C@@H](C)C(=O)N[C@@H](Cc1ccccc1)C(=O)N1CCC[C@H]1C(=O)O. The number of fused-ring (bicyclic) bond motifs is 3. The van der Waals surface area contributed by atoms with Gasteiger partial charge in [-0.1, -0.05) is 92.7 Å². The van der Waals surface area contributed by atoms with Crippen molar-refractivity contribution < 1.29 is 38.6 Å². The lowest BCUT2D eigenvalue weighted by Gasteiger charge is -2.32. The third kappa shape index (κ3) is 9.38. The zero-order valence-corrected chi connectivity index (χ0v) is 32.9. The van der Waals surface area contributed by atoms with Crippen LogP contribution in [0.1, 0.15) is 69.6 Å². The highest BCUT2D eigenvalue weighted by Crippen LogP contribution is 2.44. The van der Waals surface area contributed by atoms with Gasteiger partial charge in [-0.3, -0.25) is 24.1 Å². The number of rotatable bonds is 15. The fourth-order valence-electron chi connectivity index (χ4n) is 7.46. The second-order valence-corrected chi connectivity index (χ2v) is 15.2. The van der Waals surface area contributed by atoms with Crippen LogP contribution in [0, 0.1) is 5.92 Å². The third-order valence-electron chi connectivity index (χ3n) is 10.9. The van der Waals surface area contributed by atoms with E-state index in [2.05, 4.69) is 10.6 Å². The van der Waals surface area contributed by atoms with Crippen LogP contribution < -0.4 is 10.6 Å². The smallest absolute Gasteiger partial charge is 0.410 e. The zero-order chi connectivity index (χ0) is 40.7. The van der Waals surface area contributed by atoms with Crippen molar-refractivity contribution in [3.8, 4) is 11.1 Å². The number of hydrogen-bond donors (Lipinski definition) is 3. The van der Waals surface area contributed by atoms with Gasteiger partial charge in [0, 0.05) is 33.0 Å². The number of carboxylic acids is 1. The molecule has 1 aliphatic heterocycles. The first-order chi connectivity index (χ1) is 26.7. The van der Waals surface area contributed by atoms with Gasteiger partial charge in [0.2, 0.25) is 23.6 Å². The first-order valence-electron chi connectivity index (χ1n) is 19.2. The standard InChI is InChI=1S/C43H53N5O8/c1-26(2)23-35(44-39(50)28(4)47(6)43(55)56-25-34-32-19-12-10-17-30(32)31-18-11-13-20-33(31)34)40(51)46(5)27(3)38(49)45-36(24-29-15-8-7-9-16-29)41(52)48-22-14-21-37(48)42(53)54/h7-13,15-20,26-28,34-37H,14,21-25H2,1-6H3,(H,44,50)(H,45,49)(H,53,54)/t27-,28-,35-,36-,37-/m0/s1. The van der Waals surface area contributed by atoms with E-state index in [0.29, 0.717) is 12.8 Å². The lowest BCUT2D eigenvalue weighted by Crippen LogP contribution is -2.58. The van der Waals surface area contributed by atoms with E-state index in [-0.39, 0.29) is 37.8 Å². The van der Waals surface area contributed by atoms with E-state index >= 15 is 0 Å². The summed E-state index contributed by atoms with van der Waals surface area (Å²) in [7, 11) is 2.92. The van der Waals surface area contributed by atoms with Crippen LogP contribution in [-0.2, 0) is 35.1 Å². The molecule has 3 aromatic rings. The van der Waals surface area contributed by atoms with Crippen LogP contribution in [0.3, 0.4) is 0 Å². The molecule has 0 bridgehead atoms. The molecular weight excluding hydrogens is 714 g/mol. The minimum atomic E-state index is -1.10. The molecule has 3 N–H and O–H groups in total. The Hall–Kier alpha value is -5.72. The first kappa shape index (κ1) is 41.4. The number of hydrogen-bond acceptors (Lipinski definition) is 7. The molecule has 13 heteroatoms. The first-order valence-corrected chi connectivity index (χ1v) is 19.2. The maximum Gasteiger partial charge on any atom is 0.410 e. The van der Waals surface area contributed by atoms with Crippen LogP contribution in [0.4, 0.5) is 4.79 Å². The molecule has 0 unspecified atom stereocenters. The van der Waals surface area contributed by atoms with Gasteiger partial charge in [0.15, 0.2) is 0 Å². The summed E-state index contributed by atoms with van der Waals surface area (Å²) in [5.74, 6) is -3.49. The molecule has 0 spiro atoms. The second-order valence-electron chi connectivity index (χ2n) is 15.2. The van der Waals surface area contributed by atoms with E-state index in [9.17, 15) is 33.9 Å². The van der Waals surface area contributed by atoms with E-state index in [1.807, 2.05) is 92.7 Å². The van der Waals surface area contributed by atoms with Gasteiger partial charge in [0.1, 0.15) is 36.8 Å².